The summed E-state index contributed by atoms with van der Waals surface area (Å²) in [5.74, 6) is 0.530. The van der Waals surface area contributed by atoms with E-state index in [1.165, 1.54) is 0 Å². The van der Waals surface area contributed by atoms with Gasteiger partial charge < -0.3 is 10.1 Å². The number of hydrogen-bond acceptors (Lipinski definition) is 3. The molecule has 0 heterocycles. The molecule has 4 nitrogen and oxygen atoms in total. The molecule has 0 aromatic heterocycles. The van der Waals surface area contributed by atoms with Gasteiger partial charge in [0.2, 0.25) is 0 Å². The Labute approximate surface area is 154 Å². The number of rotatable bonds is 6. The van der Waals surface area contributed by atoms with Crippen LogP contribution in [0.2, 0.25) is 0 Å². The molecule has 2 aromatic carbocycles. The molecule has 1 aliphatic rings. The van der Waals surface area contributed by atoms with Crippen LogP contribution in [0.15, 0.2) is 48.5 Å². The monoisotopic (exact) mass is 348 g/mol. The van der Waals surface area contributed by atoms with Crippen molar-refractivity contribution in [2.75, 3.05) is 11.9 Å². The number of hydrogen-bond donors (Lipinski definition) is 1. The Morgan fingerprint density at radius 2 is 1.92 bits per heavy atom. The Bertz CT molecular complexity index is 800. The predicted octanol–water partition coefficient (Wildman–Crippen LogP) is 5.06. The second kappa shape index (κ2) is 8.05. The van der Waals surface area contributed by atoms with Crippen LogP contribution >= 0.6 is 0 Å². The van der Waals surface area contributed by atoms with Gasteiger partial charge in [-0.25, -0.2) is 0 Å². The van der Waals surface area contributed by atoms with Crippen molar-refractivity contribution in [3.05, 3.63) is 59.7 Å². The van der Waals surface area contributed by atoms with Crippen molar-refractivity contribution in [2.45, 2.75) is 44.4 Å². The zero-order chi connectivity index (χ0) is 18.4. The van der Waals surface area contributed by atoms with Crippen molar-refractivity contribution in [1.29, 1.82) is 5.26 Å². The molecule has 1 amide bonds. The molecule has 2 aromatic rings. The van der Waals surface area contributed by atoms with E-state index >= 15 is 0 Å². The number of carbonyl (C=O) groups excluding carboxylic acids is 1. The second-order valence-electron chi connectivity index (χ2n) is 6.81. The smallest absolute Gasteiger partial charge is 0.255 e. The van der Waals surface area contributed by atoms with Gasteiger partial charge >= 0.3 is 0 Å². The minimum atomic E-state index is -0.354. The minimum absolute atomic E-state index is 0.171. The van der Waals surface area contributed by atoms with Gasteiger partial charge in [-0.1, -0.05) is 38.0 Å². The summed E-state index contributed by atoms with van der Waals surface area (Å²) in [7, 11) is 0. The van der Waals surface area contributed by atoms with Gasteiger partial charge in [-0.15, -0.1) is 0 Å². The van der Waals surface area contributed by atoms with Gasteiger partial charge in [-0.2, -0.15) is 5.26 Å². The van der Waals surface area contributed by atoms with Crippen molar-refractivity contribution >= 4 is 11.6 Å². The number of ether oxygens (including phenoxy) is 1. The highest BCUT2D eigenvalue weighted by atomic mass is 16.5. The van der Waals surface area contributed by atoms with Crippen LogP contribution in [-0.2, 0) is 5.41 Å². The van der Waals surface area contributed by atoms with Crippen LogP contribution in [0.25, 0.3) is 0 Å². The first-order valence-electron chi connectivity index (χ1n) is 9.23. The standard InChI is InChI=1S/C22H24N2O2/c1-2-14-26-20-7-5-6-17(15-20)21(25)24-19-10-8-18(9-11-19)22(16-23)12-3-4-13-22/h5-11,15H,2-4,12-14H2,1H3,(H,24,25). The highest BCUT2D eigenvalue weighted by Gasteiger charge is 2.35. The van der Waals surface area contributed by atoms with Gasteiger partial charge in [-0.05, 0) is 55.2 Å². The lowest BCUT2D eigenvalue weighted by atomic mass is 9.80. The van der Waals surface area contributed by atoms with E-state index in [4.69, 9.17) is 4.74 Å². The molecule has 0 spiro atoms. The number of carbonyl (C=O) groups is 1. The molecular formula is C22H24N2O2. The van der Waals surface area contributed by atoms with Crippen LogP contribution in [0.4, 0.5) is 5.69 Å². The van der Waals surface area contributed by atoms with Crippen LogP contribution in [0.1, 0.15) is 54.9 Å². The first-order chi connectivity index (χ1) is 12.7. The van der Waals surface area contributed by atoms with Gasteiger partial charge in [-0.3, -0.25) is 4.79 Å². The molecule has 0 unspecified atom stereocenters. The maximum Gasteiger partial charge on any atom is 0.255 e. The zero-order valence-corrected chi connectivity index (χ0v) is 15.1. The largest absolute Gasteiger partial charge is 0.494 e. The topological polar surface area (TPSA) is 62.1 Å². The molecule has 1 saturated carbocycles. The summed E-state index contributed by atoms with van der Waals surface area (Å²) in [6.07, 6.45) is 4.96. The summed E-state index contributed by atoms with van der Waals surface area (Å²) >= 11 is 0. The third-order valence-corrected chi connectivity index (χ3v) is 4.94. The quantitative estimate of drug-likeness (QED) is 0.793. The van der Waals surface area contributed by atoms with Crippen molar-refractivity contribution in [2.24, 2.45) is 0 Å². The van der Waals surface area contributed by atoms with E-state index in [9.17, 15) is 10.1 Å². The third-order valence-electron chi connectivity index (χ3n) is 4.94. The molecule has 1 N–H and O–H groups in total. The lowest BCUT2D eigenvalue weighted by Gasteiger charge is -2.21. The second-order valence-corrected chi connectivity index (χ2v) is 6.81. The fraction of sp³-hybridized carbons (Fsp3) is 0.364. The molecule has 0 radical (unpaired) electrons. The van der Waals surface area contributed by atoms with Crippen molar-refractivity contribution in [1.82, 2.24) is 0 Å². The Morgan fingerprint density at radius 3 is 2.58 bits per heavy atom. The first-order valence-corrected chi connectivity index (χ1v) is 9.23. The number of anilines is 1. The average molecular weight is 348 g/mol. The SMILES string of the molecule is CCCOc1cccc(C(=O)Nc2ccc(C3(C#N)CCCC3)cc2)c1. The number of nitriles is 1. The van der Waals surface area contributed by atoms with E-state index in [0.717, 1.165) is 43.4 Å². The number of nitrogens with zero attached hydrogens (tertiary/aromatic N) is 1. The lowest BCUT2D eigenvalue weighted by Crippen LogP contribution is -2.19. The highest BCUT2D eigenvalue weighted by Crippen LogP contribution is 2.40. The number of benzene rings is 2. The van der Waals surface area contributed by atoms with Crippen molar-refractivity contribution < 1.29 is 9.53 Å². The highest BCUT2D eigenvalue weighted by molar-refractivity contribution is 6.04. The Morgan fingerprint density at radius 1 is 1.19 bits per heavy atom. The van der Waals surface area contributed by atoms with Gasteiger partial charge in [0.1, 0.15) is 5.75 Å². The molecule has 26 heavy (non-hydrogen) atoms. The summed E-state index contributed by atoms with van der Waals surface area (Å²) in [6.45, 7) is 2.68. The van der Waals surface area contributed by atoms with Crippen molar-refractivity contribution in [3.63, 3.8) is 0 Å². The molecule has 4 heteroatoms. The summed E-state index contributed by atoms with van der Waals surface area (Å²) in [6, 6.07) is 17.4. The molecule has 0 atom stereocenters. The molecule has 134 valence electrons. The maximum atomic E-state index is 12.5. The van der Waals surface area contributed by atoms with E-state index in [2.05, 4.69) is 11.4 Å². The van der Waals surface area contributed by atoms with E-state index in [-0.39, 0.29) is 11.3 Å². The molecule has 1 aliphatic carbocycles. The van der Waals surface area contributed by atoms with Gasteiger partial charge in [0.25, 0.3) is 5.91 Å². The number of amides is 1. The van der Waals surface area contributed by atoms with Crippen LogP contribution in [0, 0.1) is 11.3 Å². The van der Waals surface area contributed by atoms with Crippen LogP contribution in [0.3, 0.4) is 0 Å². The lowest BCUT2D eigenvalue weighted by molar-refractivity contribution is 0.102. The van der Waals surface area contributed by atoms with Gasteiger partial charge in [0.05, 0.1) is 18.1 Å². The maximum absolute atomic E-state index is 12.5. The summed E-state index contributed by atoms with van der Waals surface area (Å²) in [4.78, 5) is 12.5. The molecule has 1 fully saturated rings. The predicted molar refractivity (Wildman–Crippen MR) is 102 cm³/mol. The van der Waals surface area contributed by atoms with Gasteiger partial charge in [0, 0.05) is 11.3 Å². The average Bonchev–Trinajstić information content (AvgIpc) is 3.17. The summed E-state index contributed by atoms with van der Waals surface area (Å²) in [5, 5.41) is 12.5. The van der Waals surface area contributed by atoms with E-state index in [0.29, 0.717) is 17.9 Å². The molecular weight excluding hydrogens is 324 g/mol. The van der Waals surface area contributed by atoms with Crippen LogP contribution in [-0.4, -0.2) is 12.5 Å². The first kappa shape index (κ1) is 18.0. The molecule has 0 saturated heterocycles. The Hall–Kier alpha value is -2.80. The molecule has 0 bridgehead atoms. The van der Waals surface area contributed by atoms with Crippen molar-refractivity contribution in [3.8, 4) is 11.8 Å². The van der Waals surface area contributed by atoms with Gasteiger partial charge in [0.15, 0.2) is 0 Å². The fourth-order valence-corrected chi connectivity index (χ4v) is 3.47. The fourth-order valence-electron chi connectivity index (χ4n) is 3.47. The van der Waals surface area contributed by atoms with E-state index < -0.39 is 0 Å². The third kappa shape index (κ3) is 3.88. The normalized spacial score (nSPS) is 15.2. The van der Waals surface area contributed by atoms with Crippen LogP contribution in [0.5, 0.6) is 5.75 Å². The Kier molecular flexibility index (Phi) is 5.58. The summed E-state index contributed by atoms with van der Waals surface area (Å²) in [5.41, 5.74) is 1.98. The van der Waals surface area contributed by atoms with Crippen LogP contribution < -0.4 is 10.1 Å². The van der Waals surface area contributed by atoms with E-state index in [1.54, 1.807) is 12.1 Å². The number of nitrogens with one attached hydrogen (secondary N) is 1. The Balaban J connectivity index is 1.69. The van der Waals surface area contributed by atoms with E-state index in [1.807, 2.05) is 43.3 Å². The minimum Gasteiger partial charge on any atom is -0.494 e. The molecule has 0 aliphatic heterocycles. The zero-order valence-electron chi connectivity index (χ0n) is 15.1. The summed E-state index contributed by atoms with van der Waals surface area (Å²) < 4.78 is 5.58. The molecule has 3 rings (SSSR count).